The van der Waals surface area contributed by atoms with Gasteiger partial charge in [0.2, 0.25) is 5.91 Å². The first-order valence-electron chi connectivity index (χ1n) is 8.03. The second kappa shape index (κ2) is 5.92. The maximum Gasteiger partial charge on any atom is 0.242 e. The fourth-order valence-corrected chi connectivity index (χ4v) is 2.94. The van der Waals surface area contributed by atoms with Gasteiger partial charge in [-0.2, -0.15) is 0 Å². The lowest BCUT2D eigenvalue weighted by Gasteiger charge is -2.40. The maximum absolute atomic E-state index is 12.3. The van der Waals surface area contributed by atoms with Crippen LogP contribution in [0.5, 0.6) is 0 Å². The molecule has 2 N–H and O–H groups in total. The second-order valence-corrected chi connectivity index (χ2v) is 7.77. The first-order chi connectivity index (χ1) is 10.1. The Labute approximate surface area is 134 Å². The van der Waals surface area contributed by atoms with Crippen molar-refractivity contribution < 1.29 is 4.79 Å². The average molecular weight is 303 g/mol. The largest absolute Gasteiger partial charge is 0.368 e. The number of benzene rings is 1. The molecule has 1 aliphatic heterocycles. The minimum absolute atomic E-state index is 0.0382. The smallest absolute Gasteiger partial charge is 0.242 e. The summed E-state index contributed by atoms with van der Waals surface area (Å²) in [5.41, 5.74) is 7.90. The SMILES string of the molecule is CC(C)(N)C(=O)N1CCN(c2ccccc2C(C)(C)C)CC1. The van der Waals surface area contributed by atoms with Crippen molar-refractivity contribution >= 4 is 11.6 Å². The Balaban J connectivity index is 2.12. The van der Waals surface area contributed by atoms with Gasteiger partial charge in [-0.3, -0.25) is 4.79 Å². The number of nitrogens with zero attached hydrogens (tertiary/aromatic N) is 2. The van der Waals surface area contributed by atoms with Gasteiger partial charge in [0.1, 0.15) is 0 Å². The van der Waals surface area contributed by atoms with Gasteiger partial charge in [0.15, 0.2) is 0 Å². The molecule has 0 aliphatic carbocycles. The molecule has 122 valence electrons. The monoisotopic (exact) mass is 303 g/mol. The van der Waals surface area contributed by atoms with Crippen molar-refractivity contribution in [3.05, 3.63) is 29.8 Å². The summed E-state index contributed by atoms with van der Waals surface area (Å²) in [6, 6.07) is 8.58. The molecule has 1 aromatic rings. The molecule has 0 spiro atoms. The third-order valence-corrected chi connectivity index (χ3v) is 4.17. The van der Waals surface area contributed by atoms with E-state index in [1.807, 2.05) is 4.90 Å². The normalized spacial score (nSPS) is 16.8. The Morgan fingerprint density at radius 2 is 1.55 bits per heavy atom. The number of carbonyl (C=O) groups excluding carboxylic acids is 1. The van der Waals surface area contributed by atoms with Crippen LogP contribution in [0.1, 0.15) is 40.2 Å². The Morgan fingerprint density at radius 1 is 1.00 bits per heavy atom. The number of hydrogen-bond acceptors (Lipinski definition) is 3. The van der Waals surface area contributed by atoms with Crippen LogP contribution in [0, 0.1) is 0 Å². The lowest BCUT2D eigenvalue weighted by molar-refractivity contribution is -0.136. The number of hydrogen-bond donors (Lipinski definition) is 1. The zero-order chi connectivity index (χ0) is 16.5. The zero-order valence-corrected chi connectivity index (χ0v) is 14.5. The van der Waals surface area contributed by atoms with Crippen molar-refractivity contribution in [2.45, 2.75) is 45.6 Å². The summed E-state index contributed by atoms with van der Waals surface area (Å²) in [6.45, 7) is 13.4. The number of carbonyl (C=O) groups is 1. The van der Waals surface area contributed by atoms with E-state index in [0.717, 1.165) is 26.2 Å². The number of para-hydroxylation sites is 1. The number of rotatable bonds is 2. The molecule has 1 aliphatic rings. The van der Waals surface area contributed by atoms with Crippen LogP contribution in [-0.4, -0.2) is 42.5 Å². The van der Waals surface area contributed by atoms with Gasteiger partial charge in [0.05, 0.1) is 5.54 Å². The standard InChI is InChI=1S/C18H29N3O/c1-17(2,3)14-8-6-7-9-15(14)20-10-12-21(13-11-20)16(22)18(4,5)19/h6-9H,10-13,19H2,1-5H3. The van der Waals surface area contributed by atoms with E-state index in [9.17, 15) is 4.79 Å². The third kappa shape index (κ3) is 3.61. The van der Waals surface area contributed by atoms with E-state index in [1.165, 1.54) is 11.3 Å². The Kier molecular flexibility index (Phi) is 4.52. The second-order valence-electron chi connectivity index (χ2n) is 7.77. The predicted octanol–water partition coefficient (Wildman–Crippen LogP) is 2.37. The Hall–Kier alpha value is -1.55. The van der Waals surface area contributed by atoms with E-state index in [4.69, 9.17) is 5.73 Å². The van der Waals surface area contributed by atoms with Gasteiger partial charge in [-0.25, -0.2) is 0 Å². The molecule has 4 heteroatoms. The Morgan fingerprint density at radius 3 is 2.05 bits per heavy atom. The van der Waals surface area contributed by atoms with E-state index in [1.54, 1.807) is 13.8 Å². The van der Waals surface area contributed by atoms with Crippen LogP contribution in [0.2, 0.25) is 0 Å². The van der Waals surface area contributed by atoms with E-state index in [2.05, 4.69) is 49.9 Å². The number of amides is 1. The van der Waals surface area contributed by atoms with Crippen molar-refractivity contribution in [3.63, 3.8) is 0 Å². The molecule has 0 atom stereocenters. The van der Waals surface area contributed by atoms with Crippen LogP contribution in [0.15, 0.2) is 24.3 Å². The summed E-state index contributed by atoms with van der Waals surface area (Å²) >= 11 is 0. The minimum Gasteiger partial charge on any atom is -0.368 e. The molecule has 2 rings (SSSR count). The molecule has 0 unspecified atom stereocenters. The highest BCUT2D eigenvalue weighted by Gasteiger charge is 2.31. The number of nitrogens with two attached hydrogens (primary N) is 1. The highest BCUT2D eigenvalue weighted by Crippen LogP contribution is 2.32. The van der Waals surface area contributed by atoms with Crippen molar-refractivity contribution in [1.82, 2.24) is 4.90 Å². The zero-order valence-electron chi connectivity index (χ0n) is 14.5. The van der Waals surface area contributed by atoms with Crippen molar-refractivity contribution in [1.29, 1.82) is 0 Å². The lowest BCUT2D eigenvalue weighted by atomic mass is 9.85. The highest BCUT2D eigenvalue weighted by atomic mass is 16.2. The van der Waals surface area contributed by atoms with Gasteiger partial charge in [0.25, 0.3) is 0 Å². The van der Waals surface area contributed by atoms with Crippen LogP contribution < -0.4 is 10.6 Å². The molecule has 0 saturated carbocycles. The number of piperazine rings is 1. The van der Waals surface area contributed by atoms with Crippen molar-refractivity contribution in [3.8, 4) is 0 Å². The van der Waals surface area contributed by atoms with Crippen LogP contribution in [-0.2, 0) is 10.2 Å². The summed E-state index contributed by atoms with van der Waals surface area (Å²) in [5.74, 6) is 0.0382. The molecule has 4 nitrogen and oxygen atoms in total. The summed E-state index contributed by atoms with van der Waals surface area (Å²) in [7, 11) is 0. The van der Waals surface area contributed by atoms with Gasteiger partial charge in [0, 0.05) is 31.9 Å². The van der Waals surface area contributed by atoms with Crippen LogP contribution in [0.25, 0.3) is 0 Å². The Bertz CT molecular complexity index is 532. The van der Waals surface area contributed by atoms with Crippen LogP contribution in [0.3, 0.4) is 0 Å². The van der Waals surface area contributed by atoms with E-state index in [-0.39, 0.29) is 11.3 Å². The topological polar surface area (TPSA) is 49.6 Å². The van der Waals surface area contributed by atoms with Gasteiger partial charge < -0.3 is 15.5 Å². The van der Waals surface area contributed by atoms with Crippen LogP contribution >= 0.6 is 0 Å². The molecule has 1 aromatic carbocycles. The van der Waals surface area contributed by atoms with Crippen molar-refractivity contribution in [2.75, 3.05) is 31.1 Å². The molecule has 1 fully saturated rings. The van der Waals surface area contributed by atoms with Crippen LogP contribution in [0.4, 0.5) is 5.69 Å². The van der Waals surface area contributed by atoms with Gasteiger partial charge in [-0.05, 0) is 30.9 Å². The predicted molar refractivity (Wildman–Crippen MR) is 92.2 cm³/mol. The van der Waals surface area contributed by atoms with Gasteiger partial charge in [-0.1, -0.05) is 39.0 Å². The van der Waals surface area contributed by atoms with E-state index in [0.29, 0.717) is 0 Å². The molecule has 1 heterocycles. The average Bonchev–Trinajstić information content (AvgIpc) is 2.45. The van der Waals surface area contributed by atoms with E-state index < -0.39 is 5.54 Å². The molecular formula is C18H29N3O. The molecule has 0 radical (unpaired) electrons. The molecule has 1 amide bonds. The molecule has 22 heavy (non-hydrogen) atoms. The van der Waals surface area contributed by atoms with Gasteiger partial charge in [-0.15, -0.1) is 0 Å². The third-order valence-electron chi connectivity index (χ3n) is 4.17. The molecular weight excluding hydrogens is 274 g/mol. The quantitative estimate of drug-likeness (QED) is 0.912. The molecule has 1 saturated heterocycles. The van der Waals surface area contributed by atoms with Crippen molar-refractivity contribution in [2.24, 2.45) is 5.73 Å². The summed E-state index contributed by atoms with van der Waals surface area (Å²) in [6.07, 6.45) is 0. The molecule has 0 aromatic heterocycles. The fourth-order valence-electron chi connectivity index (χ4n) is 2.94. The number of anilines is 1. The fraction of sp³-hybridized carbons (Fsp3) is 0.611. The highest BCUT2D eigenvalue weighted by molar-refractivity contribution is 5.85. The van der Waals surface area contributed by atoms with Gasteiger partial charge >= 0.3 is 0 Å². The van der Waals surface area contributed by atoms with E-state index >= 15 is 0 Å². The lowest BCUT2D eigenvalue weighted by Crippen LogP contribution is -2.57. The minimum atomic E-state index is -0.786. The summed E-state index contributed by atoms with van der Waals surface area (Å²) in [5, 5.41) is 0. The molecule has 0 bridgehead atoms. The first kappa shape index (κ1) is 16.8. The maximum atomic E-state index is 12.3. The summed E-state index contributed by atoms with van der Waals surface area (Å²) < 4.78 is 0. The summed E-state index contributed by atoms with van der Waals surface area (Å²) in [4.78, 5) is 16.5. The first-order valence-corrected chi connectivity index (χ1v) is 8.03.